The summed E-state index contributed by atoms with van der Waals surface area (Å²) in [5, 5.41) is 11.6. The SMILES string of the molecule is CC(NC(=O)CNc1cc(Cl)ccc1-n1cccn1)c1ccc(Cl)cc1. The Kier molecular flexibility index (Phi) is 5.81. The molecule has 26 heavy (non-hydrogen) atoms. The van der Waals surface area contributed by atoms with Crippen molar-refractivity contribution < 1.29 is 4.79 Å². The molecule has 1 atom stereocenters. The van der Waals surface area contributed by atoms with Gasteiger partial charge in [0, 0.05) is 22.4 Å². The molecule has 2 N–H and O–H groups in total. The molecule has 1 aromatic heterocycles. The highest BCUT2D eigenvalue weighted by Gasteiger charge is 2.11. The fraction of sp³-hybridized carbons (Fsp3) is 0.158. The third-order valence-electron chi connectivity index (χ3n) is 3.90. The maximum Gasteiger partial charge on any atom is 0.239 e. The molecular weight excluding hydrogens is 371 g/mol. The summed E-state index contributed by atoms with van der Waals surface area (Å²) in [6.07, 6.45) is 3.52. The van der Waals surface area contributed by atoms with E-state index < -0.39 is 0 Å². The normalized spacial score (nSPS) is 11.8. The number of aromatic nitrogens is 2. The second-order valence-electron chi connectivity index (χ2n) is 5.81. The van der Waals surface area contributed by atoms with Gasteiger partial charge in [-0.3, -0.25) is 4.79 Å². The van der Waals surface area contributed by atoms with Crippen molar-refractivity contribution >= 4 is 34.8 Å². The Morgan fingerprint density at radius 3 is 2.58 bits per heavy atom. The molecule has 0 saturated heterocycles. The van der Waals surface area contributed by atoms with Gasteiger partial charge in [-0.1, -0.05) is 35.3 Å². The van der Waals surface area contributed by atoms with E-state index in [1.165, 1.54) is 0 Å². The van der Waals surface area contributed by atoms with Crippen LogP contribution in [0.5, 0.6) is 0 Å². The van der Waals surface area contributed by atoms with Crippen molar-refractivity contribution in [3.8, 4) is 5.69 Å². The molecule has 2 aromatic carbocycles. The Hall–Kier alpha value is -2.50. The zero-order chi connectivity index (χ0) is 18.5. The fourth-order valence-electron chi connectivity index (χ4n) is 2.56. The minimum atomic E-state index is -0.126. The van der Waals surface area contributed by atoms with Crippen molar-refractivity contribution in [3.05, 3.63) is 76.5 Å². The molecule has 5 nitrogen and oxygen atoms in total. The first-order valence-corrected chi connectivity index (χ1v) is 8.87. The number of benzene rings is 2. The second-order valence-corrected chi connectivity index (χ2v) is 6.68. The number of halogens is 2. The molecular formula is C19H18Cl2N4O. The summed E-state index contributed by atoms with van der Waals surface area (Å²) < 4.78 is 1.72. The number of carbonyl (C=O) groups is 1. The lowest BCUT2D eigenvalue weighted by atomic mass is 10.1. The fourth-order valence-corrected chi connectivity index (χ4v) is 2.86. The highest BCUT2D eigenvalue weighted by atomic mass is 35.5. The Morgan fingerprint density at radius 1 is 1.15 bits per heavy atom. The van der Waals surface area contributed by atoms with Gasteiger partial charge < -0.3 is 10.6 Å². The molecule has 1 amide bonds. The van der Waals surface area contributed by atoms with Gasteiger partial charge in [0.1, 0.15) is 0 Å². The van der Waals surface area contributed by atoms with Crippen molar-refractivity contribution in [2.75, 3.05) is 11.9 Å². The summed E-state index contributed by atoms with van der Waals surface area (Å²) in [7, 11) is 0. The van der Waals surface area contributed by atoms with Gasteiger partial charge in [0.15, 0.2) is 0 Å². The van der Waals surface area contributed by atoms with E-state index in [2.05, 4.69) is 15.7 Å². The summed E-state index contributed by atoms with van der Waals surface area (Å²) in [6.45, 7) is 2.04. The van der Waals surface area contributed by atoms with Gasteiger partial charge in [0.25, 0.3) is 0 Å². The van der Waals surface area contributed by atoms with Crippen LogP contribution in [0.4, 0.5) is 5.69 Å². The predicted molar refractivity (Wildman–Crippen MR) is 105 cm³/mol. The smallest absolute Gasteiger partial charge is 0.239 e. The first-order chi connectivity index (χ1) is 12.5. The third kappa shape index (κ3) is 4.56. The molecule has 7 heteroatoms. The van der Waals surface area contributed by atoms with E-state index in [1.54, 1.807) is 35.1 Å². The summed E-state index contributed by atoms with van der Waals surface area (Å²) in [4.78, 5) is 12.3. The van der Waals surface area contributed by atoms with Crippen molar-refractivity contribution in [1.82, 2.24) is 15.1 Å². The molecule has 1 unspecified atom stereocenters. The van der Waals surface area contributed by atoms with E-state index in [9.17, 15) is 4.79 Å². The van der Waals surface area contributed by atoms with Gasteiger partial charge in [-0.2, -0.15) is 5.10 Å². The Balaban J connectivity index is 1.64. The van der Waals surface area contributed by atoms with Crippen LogP contribution in [0.3, 0.4) is 0 Å². The van der Waals surface area contributed by atoms with Gasteiger partial charge in [-0.05, 0) is 48.9 Å². The van der Waals surface area contributed by atoms with E-state index in [0.717, 1.165) is 16.9 Å². The number of rotatable bonds is 6. The average molecular weight is 389 g/mol. The standard InChI is InChI=1S/C19H18Cl2N4O/c1-13(14-3-5-15(20)6-4-14)24-19(26)12-22-17-11-16(21)7-8-18(17)25-10-2-9-23-25/h2-11,13,22H,12H2,1H3,(H,24,26). The molecule has 0 bridgehead atoms. The van der Waals surface area contributed by atoms with Crippen LogP contribution in [-0.4, -0.2) is 22.2 Å². The number of amides is 1. The lowest BCUT2D eigenvalue weighted by Gasteiger charge is -2.16. The molecule has 0 aliphatic rings. The van der Waals surface area contributed by atoms with E-state index in [4.69, 9.17) is 23.2 Å². The second kappa shape index (κ2) is 8.25. The molecule has 0 aliphatic carbocycles. The van der Waals surface area contributed by atoms with Crippen molar-refractivity contribution in [1.29, 1.82) is 0 Å². The molecule has 0 fully saturated rings. The highest BCUT2D eigenvalue weighted by Crippen LogP contribution is 2.24. The lowest BCUT2D eigenvalue weighted by molar-refractivity contribution is -0.120. The number of hydrogen-bond donors (Lipinski definition) is 2. The minimum absolute atomic E-state index is 0.118. The summed E-state index contributed by atoms with van der Waals surface area (Å²) >= 11 is 12.0. The van der Waals surface area contributed by atoms with Crippen LogP contribution in [0.25, 0.3) is 5.69 Å². The minimum Gasteiger partial charge on any atom is -0.374 e. The van der Waals surface area contributed by atoms with Gasteiger partial charge in [-0.25, -0.2) is 4.68 Å². The molecule has 3 aromatic rings. The largest absolute Gasteiger partial charge is 0.374 e. The number of hydrogen-bond acceptors (Lipinski definition) is 3. The summed E-state index contributed by atoms with van der Waals surface area (Å²) in [5.41, 5.74) is 2.54. The maximum atomic E-state index is 12.3. The first kappa shape index (κ1) is 18.3. The van der Waals surface area contributed by atoms with Crippen LogP contribution in [0.2, 0.25) is 10.0 Å². The van der Waals surface area contributed by atoms with E-state index >= 15 is 0 Å². The number of carbonyl (C=O) groups excluding carboxylic acids is 1. The zero-order valence-corrected chi connectivity index (χ0v) is 15.6. The number of anilines is 1. The van der Waals surface area contributed by atoms with Crippen LogP contribution in [0, 0.1) is 0 Å². The van der Waals surface area contributed by atoms with Gasteiger partial charge >= 0.3 is 0 Å². The van der Waals surface area contributed by atoms with Gasteiger partial charge in [0.05, 0.1) is 24.0 Å². The van der Waals surface area contributed by atoms with Crippen molar-refractivity contribution in [2.45, 2.75) is 13.0 Å². The van der Waals surface area contributed by atoms with Crippen LogP contribution >= 0.6 is 23.2 Å². The molecule has 3 rings (SSSR count). The maximum absolute atomic E-state index is 12.3. The van der Waals surface area contributed by atoms with Crippen LogP contribution in [0.15, 0.2) is 60.9 Å². The third-order valence-corrected chi connectivity index (χ3v) is 4.38. The average Bonchev–Trinajstić information content (AvgIpc) is 3.15. The Bertz CT molecular complexity index is 879. The Morgan fingerprint density at radius 2 is 1.88 bits per heavy atom. The molecule has 1 heterocycles. The van der Waals surface area contributed by atoms with Gasteiger partial charge in [-0.15, -0.1) is 0 Å². The number of nitrogens with one attached hydrogen (secondary N) is 2. The predicted octanol–water partition coefficient (Wildman–Crippen LogP) is 4.47. The summed E-state index contributed by atoms with van der Waals surface area (Å²) in [5.74, 6) is -0.126. The molecule has 0 aliphatic heterocycles. The Labute approximate surface area is 161 Å². The van der Waals surface area contributed by atoms with E-state index in [1.807, 2.05) is 37.4 Å². The van der Waals surface area contributed by atoms with E-state index in [0.29, 0.717) is 10.0 Å². The molecule has 0 spiro atoms. The molecule has 0 radical (unpaired) electrons. The molecule has 0 saturated carbocycles. The summed E-state index contributed by atoms with van der Waals surface area (Å²) in [6, 6.07) is 14.5. The van der Waals surface area contributed by atoms with Gasteiger partial charge in [0.2, 0.25) is 5.91 Å². The van der Waals surface area contributed by atoms with Crippen molar-refractivity contribution in [2.24, 2.45) is 0 Å². The van der Waals surface area contributed by atoms with Crippen LogP contribution in [0.1, 0.15) is 18.5 Å². The quantitative estimate of drug-likeness (QED) is 0.654. The monoisotopic (exact) mass is 388 g/mol. The first-order valence-electron chi connectivity index (χ1n) is 8.11. The lowest BCUT2D eigenvalue weighted by Crippen LogP contribution is -2.32. The van der Waals surface area contributed by atoms with Crippen molar-refractivity contribution in [3.63, 3.8) is 0 Å². The number of nitrogens with zero attached hydrogens (tertiary/aromatic N) is 2. The zero-order valence-electron chi connectivity index (χ0n) is 14.1. The van der Waals surface area contributed by atoms with Crippen LogP contribution < -0.4 is 10.6 Å². The van der Waals surface area contributed by atoms with Crippen LogP contribution in [-0.2, 0) is 4.79 Å². The highest BCUT2D eigenvalue weighted by molar-refractivity contribution is 6.31. The topological polar surface area (TPSA) is 59.0 Å². The molecule has 134 valence electrons. The van der Waals surface area contributed by atoms with E-state index in [-0.39, 0.29) is 18.5 Å².